The number of thioether (sulfide) groups is 1. The van der Waals surface area contributed by atoms with Crippen LogP contribution in [0.2, 0.25) is 0 Å². The van der Waals surface area contributed by atoms with Crippen molar-refractivity contribution >= 4 is 17.7 Å². The number of aliphatic imine (C=N–C) groups is 1. The lowest BCUT2D eigenvalue weighted by molar-refractivity contribution is 0.570. The van der Waals surface area contributed by atoms with Gasteiger partial charge in [0.15, 0.2) is 5.96 Å². The van der Waals surface area contributed by atoms with Gasteiger partial charge in [0.25, 0.3) is 0 Å². The molecule has 24 heavy (non-hydrogen) atoms. The van der Waals surface area contributed by atoms with Gasteiger partial charge in [-0.1, -0.05) is 17.7 Å². The molecule has 0 bridgehead atoms. The number of aryl methyl sites for hydroxylation is 1. The van der Waals surface area contributed by atoms with Crippen LogP contribution >= 0.6 is 11.8 Å². The zero-order chi connectivity index (χ0) is 16.8. The van der Waals surface area contributed by atoms with E-state index in [-0.39, 0.29) is 0 Å². The SMILES string of the molecule is CN=C(NCc1coc(-c2ccc(C)cc2)n1)NC1CCCSC1. The smallest absolute Gasteiger partial charge is 0.226 e. The lowest BCUT2D eigenvalue weighted by atomic mass is 10.1. The summed E-state index contributed by atoms with van der Waals surface area (Å²) in [6.45, 7) is 2.66. The molecule has 3 rings (SSSR count). The van der Waals surface area contributed by atoms with E-state index in [1.165, 1.54) is 24.2 Å². The Balaban J connectivity index is 1.55. The van der Waals surface area contributed by atoms with E-state index < -0.39 is 0 Å². The molecule has 0 amide bonds. The third kappa shape index (κ3) is 4.54. The third-order valence-corrected chi connectivity index (χ3v) is 5.23. The van der Waals surface area contributed by atoms with Crippen LogP contribution in [0.1, 0.15) is 24.1 Å². The molecule has 0 spiro atoms. The van der Waals surface area contributed by atoms with E-state index in [0.29, 0.717) is 18.5 Å². The topological polar surface area (TPSA) is 62.5 Å². The monoisotopic (exact) mass is 344 g/mol. The van der Waals surface area contributed by atoms with Crippen molar-refractivity contribution in [2.75, 3.05) is 18.6 Å². The molecule has 0 saturated carbocycles. The normalized spacial score (nSPS) is 18.4. The quantitative estimate of drug-likeness (QED) is 0.659. The van der Waals surface area contributed by atoms with Crippen LogP contribution in [-0.2, 0) is 6.54 Å². The Kier molecular flexibility index (Phi) is 5.80. The van der Waals surface area contributed by atoms with Crippen LogP contribution in [0.3, 0.4) is 0 Å². The van der Waals surface area contributed by atoms with E-state index in [4.69, 9.17) is 4.42 Å². The molecule has 1 aromatic heterocycles. The number of rotatable bonds is 4. The number of benzene rings is 1. The molecule has 1 aliphatic heterocycles. The van der Waals surface area contributed by atoms with E-state index in [9.17, 15) is 0 Å². The van der Waals surface area contributed by atoms with Crippen LogP contribution in [0.25, 0.3) is 11.5 Å². The van der Waals surface area contributed by atoms with Gasteiger partial charge in [0.05, 0.1) is 12.2 Å². The number of oxazole rings is 1. The van der Waals surface area contributed by atoms with Crippen LogP contribution < -0.4 is 10.6 Å². The summed E-state index contributed by atoms with van der Waals surface area (Å²) in [4.78, 5) is 8.85. The van der Waals surface area contributed by atoms with Crippen molar-refractivity contribution in [2.45, 2.75) is 32.4 Å². The molecule has 2 aromatic rings. The molecule has 1 fully saturated rings. The van der Waals surface area contributed by atoms with Crippen molar-refractivity contribution in [3.8, 4) is 11.5 Å². The number of hydrogen-bond acceptors (Lipinski definition) is 4. The molecule has 1 aliphatic rings. The average Bonchev–Trinajstić information content (AvgIpc) is 3.09. The molecule has 2 heterocycles. The molecular weight excluding hydrogens is 320 g/mol. The standard InChI is InChI=1S/C18H24N4OS/c1-13-5-7-14(8-6-13)17-21-16(11-23-17)10-20-18(19-2)22-15-4-3-9-24-12-15/h5-8,11,15H,3-4,9-10,12H2,1-2H3,(H2,19,20,22). The molecule has 1 atom stereocenters. The Hall–Kier alpha value is -1.95. The number of nitrogens with one attached hydrogen (secondary N) is 2. The molecule has 6 heteroatoms. The zero-order valence-corrected chi connectivity index (χ0v) is 15.0. The largest absolute Gasteiger partial charge is 0.444 e. The van der Waals surface area contributed by atoms with E-state index >= 15 is 0 Å². The molecule has 1 unspecified atom stereocenters. The Morgan fingerprint density at radius 2 is 2.21 bits per heavy atom. The maximum absolute atomic E-state index is 5.59. The first-order chi connectivity index (χ1) is 11.7. The van der Waals surface area contributed by atoms with Gasteiger partial charge >= 0.3 is 0 Å². The van der Waals surface area contributed by atoms with Crippen LogP contribution in [0.5, 0.6) is 0 Å². The van der Waals surface area contributed by atoms with Crippen molar-refractivity contribution in [1.82, 2.24) is 15.6 Å². The maximum atomic E-state index is 5.59. The molecule has 1 saturated heterocycles. The second-order valence-electron chi connectivity index (χ2n) is 5.99. The van der Waals surface area contributed by atoms with Gasteiger partial charge in [-0.05, 0) is 37.7 Å². The van der Waals surface area contributed by atoms with E-state index in [1.807, 2.05) is 23.9 Å². The molecular formula is C18H24N4OS. The van der Waals surface area contributed by atoms with Gasteiger partial charge in [-0.25, -0.2) is 4.98 Å². The van der Waals surface area contributed by atoms with Gasteiger partial charge in [-0.2, -0.15) is 11.8 Å². The molecule has 128 valence electrons. The number of nitrogens with zero attached hydrogens (tertiary/aromatic N) is 2. The van der Waals surface area contributed by atoms with E-state index in [2.05, 4.69) is 39.7 Å². The molecule has 1 aromatic carbocycles. The minimum absolute atomic E-state index is 0.496. The summed E-state index contributed by atoms with van der Waals surface area (Å²) in [7, 11) is 1.80. The van der Waals surface area contributed by atoms with Gasteiger partial charge in [-0.3, -0.25) is 4.99 Å². The second kappa shape index (κ2) is 8.24. The lowest BCUT2D eigenvalue weighted by Gasteiger charge is -2.24. The van der Waals surface area contributed by atoms with Crippen LogP contribution in [0.15, 0.2) is 39.9 Å². The highest BCUT2D eigenvalue weighted by Crippen LogP contribution is 2.19. The Labute approximate surface area is 147 Å². The minimum atomic E-state index is 0.496. The maximum Gasteiger partial charge on any atom is 0.226 e. The van der Waals surface area contributed by atoms with Gasteiger partial charge in [0, 0.05) is 24.4 Å². The average molecular weight is 344 g/mol. The molecule has 2 N–H and O–H groups in total. The first-order valence-electron chi connectivity index (χ1n) is 8.31. The Bertz CT molecular complexity index is 675. The molecule has 0 aliphatic carbocycles. The van der Waals surface area contributed by atoms with E-state index in [1.54, 1.807) is 13.3 Å². The number of hydrogen-bond donors (Lipinski definition) is 2. The van der Waals surface area contributed by atoms with Gasteiger partial charge in [0.1, 0.15) is 6.26 Å². The Morgan fingerprint density at radius 3 is 2.92 bits per heavy atom. The predicted octanol–water partition coefficient (Wildman–Crippen LogP) is 3.21. The third-order valence-electron chi connectivity index (χ3n) is 4.01. The highest BCUT2D eigenvalue weighted by Gasteiger charge is 2.15. The first kappa shape index (κ1) is 16.9. The van der Waals surface area contributed by atoms with Gasteiger partial charge in [-0.15, -0.1) is 0 Å². The lowest BCUT2D eigenvalue weighted by Crippen LogP contribution is -2.45. The summed E-state index contributed by atoms with van der Waals surface area (Å²) >= 11 is 2.00. The summed E-state index contributed by atoms with van der Waals surface area (Å²) < 4.78 is 5.59. The highest BCUT2D eigenvalue weighted by atomic mass is 32.2. The fourth-order valence-electron chi connectivity index (χ4n) is 2.63. The van der Waals surface area contributed by atoms with Gasteiger partial charge < -0.3 is 15.1 Å². The van der Waals surface area contributed by atoms with Crippen molar-refractivity contribution in [2.24, 2.45) is 4.99 Å². The summed E-state index contributed by atoms with van der Waals surface area (Å²) in [5, 5.41) is 6.79. The summed E-state index contributed by atoms with van der Waals surface area (Å²) in [6, 6.07) is 8.67. The number of guanidine groups is 1. The number of aromatic nitrogens is 1. The first-order valence-corrected chi connectivity index (χ1v) is 9.46. The summed E-state index contributed by atoms with van der Waals surface area (Å²) in [5.41, 5.74) is 3.09. The fourth-order valence-corrected chi connectivity index (χ4v) is 3.71. The Morgan fingerprint density at radius 1 is 1.38 bits per heavy atom. The predicted molar refractivity (Wildman–Crippen MR) is 100 cm³/mol. The van der Waals surface area contributed by atoms with Crippen molar-refractivity contribution in [1.29, 1.82) is 0 Å². The fraction of sp³-hybridized carbons (Fsp3) is 0.444. The molecule has 5 nitrogen and oxygen atoms in total. The van der Waals surface area contributed by atoms with Crippen molar-refractivity contribution in [3.05, 3.63) is 41.8 Å². The van der Waals surface area contributed by atoms with Gasteiger partial charge in [0.2, 0.25) is 5.89 Å². The highest BCUT2D eigenvalue weighted by molar-refractivity contribution is 7.99. The minimum Gasteiger partial charge on any atom is -0.444 e. The summed E-state index contributed by atoms with van der Waals surface area (Å²) in [6.07, 6.45) is 4.17. The van der Waals surface area contributed by atoms with Crippen LogP contribution in [0, 0.1) is 6.92 Å². The summed E-state index contributed by atoms with van der Waals surface area (Å²) in [5.74, 6) is 3.88. The molecule has 0 radical (unpaired) electrons. The van der Waals surface area contributed by atoms with Crippen molar-refractivity contribution < 1.29 is 4.42 Å². The zero-order valence-electron chi connectivity index (χ0n) is 14.2. The van der Waals surface area contributed by atoms with Crippen molar-refractivity contribution in [3.63, 3.8) is 0 Å². The van der Waals surface area contributed by atoms with E-state index in [0.717, 1.165) is 23.0 Å². The van der Waals surface area contributed by atoms with Crippen LogP contribution in [-0.4, -0.2) is 35.5 Å². The second-order valence-corrected chi connectivity index (χ2v) is 7.14. The van der Waals surface area contributed by atoms with Crippen LogP contribution in [0.4, 0.5) is 0 Å².